The number of methoxy groups -OCH3 is 1. The van der Waals surface area contributed by atoms with Crippen LogP contribution >= 0.6 is 0 Å². The Kier molecular flexibility index (Phi) is 12.4. The van der Waals surface area contributed by atoms with Gasteiger partial charge in [0.2, 0.25) is 0 Å². The molecule has 2 aliphatic rings. The highest BCUT2D eigenvalue weighted by Gasteiger charge is 2.46. The van der Waals surface area contributed by atoms with Crippen molar-refractivity contribution in [1.29, 1.82) is 0 Å². The van der Waals surface area contributed by atoms with Gasteiger partial charge in [0, 0.05) is 13.1 Å². The normalized spacial score (nSPS) is 22.6. The van der Waals surface area contributed by atoms with Gasteiger partial charge < -0.3 is 14.4 Å². The molecule has 2 aliphatic heterocycles. The van der Waals surface area contributed by atoms with Crippen LogP contribution < -0.4 is 0 Å². The first kappa shape index (κ1) is 29.3. The molecule has 194 valence electrons. The number of hydrogen-bond acceptors (Lipinski definition) is 4. The Labute approximate surface area is 218 Å². The van der Waals surface area contributed by atoms with Gasteiger partial charge in [-0.15, -0.1) is 0 Å². The van der Waals surface area contributed by atoms with Crippen LogP contribution in [0.25, 0.3) is 0 Å². The number of hydrogen-bond donors (Lipinski definition) is 0. The molecule has 1 aromatic carbocycles. The summed E-state index contributed by atoms with van der Waals surface area (Å²) in [4.78, 5) is 15.3. The van der Waals surface area contributed by atoms with Gasteiger partial charge in [-0.1, -0.05) is 97.7 Å². The third-order valence-corrected chi connectivity index (χ3v) is 6.81. The summed E-state index contributed by atoms with van der Waals surface area (Å²) in [5, 5.41) is 0. The molecule has 1 saturated heterocycles. The van der Waals surface area contributed by atoms with E-state index in [0.29, 0.717) is 6.61 Å². The van der Waals surface area contributed by atoms with E-state index in [2.05, 4.69) is 42.9 Å². The lowest BCUT2D eigenvalue weighted by Gasteiger charge is -2.33. The molecule has 2 atom stereocenters. The van der Waals surface area contributed by atoms with E-state index in [1.165, 1.54) is 12.7 Å². The van der Waals surface area contributed by atoms with Crippen LogP contribution in [0.1, 0.15) is 38.7 Å². The number of esters is 1. The van der Waals surface area contributed by atoms with Crippen molar-refractivity contribution in [2.24, 2.45) is 5.92 Å². The molecule has 0 radical (unpaired) electrons. The van der Waals surface area contributed by atoms with Gasteiger partial charge in [0.15, 0.2) is 0 Å². The predicted molar refractivity (Wildman–Crippen MR) is 151 cm³/mol. The van der Waals surface area contributed by atoms with Crippen molar-refractivity contribution in [3.05, 3.63) is 109 Å². The average Bonchev–Trinajstić information content (AvgIpc) is 3.39. The molecule has 0 saturated carbocycles. The lowest BCUT2D eigenvalue weighted by atomic mass is 9.71. The monoisotopic (exact) mass is 489 g/mol. The van der Waals surface area contributed by atoms with Crippen LogP contribution in [0.15, 0.2) is 103 Å². The summed E-state index contributed by atoms with van der Waals surface area (Å²) in [6.45, 7) is 19.6. The van der Waals surface area contributed by atoms with Crippen molar-refractivity contribution in [1.82, 2.24) is 4.90 Å². The molecule has 0 spiro atoms. The minimum Gasteiger partial charge on any atom is -0.468 e. The maximum Gasteiger partial charge on any atom is 0.316 e. The van der Waals surface area contributed by atoms with Gasteiger partial charge in [0.25, 0.3) is 0 Å². The van der Waals surface area contributed by atoms with Crippen molar-refractivity contribution < 1.29 is 14.3 Å². The molecule has 1 unspecified atom stereocenters. The average molecular weight is 490 g/mol. The van der Waals surface area contributed by atoms with Crippen LogP contribution in [0.5, 0.6) is 0 Å². The number of nitrogens with zero attached hydrogens (tertiary/aromatic N) is 1. The van der Waals surface area contributed by atoms with Gasteiger partial charge in [-0.05, 0) is 56.7 Å². The molecule has 3 rings (SSSR count). The van der Waals surface area contributed by atoms with Gasteiger partial charge >= 0.3 is 5.97 Å². The van der Waals surface area contributed by atoms with E-state index in [4.69, 9.17) is 9.47 Å². The lowest BCUT2D eigenvalue weighted by molar-refractivity contribution is -0.149. The Morgan fingerprint density at radius 3 is 2.69 bits per heavy atom. The first-order chi connectivity index (χ1) is 17.3. The molecule has 2 heterocycles. The van der Waals surface area contributed by atoms with E-state index in [-0.39, 0.29) is 11.9 Å². The highest BCUT2D eigenvalue weighted by molar-refractivity contribution is 5.83. The molecule has 0 aromatic heterocycles. The van der Waals surface area contributed by atoms with Crippen molar-refractivity contribution in [3.8, 4) is 0 Å². The van der Waals surface area contributed by atoms with Crippen LogP contribution in [-0.2, 0) is 19.7 Å². The van der Waals surface area contributed by atoms with Crippen molar-refractivity contribution in [2.45, 2.75) is 38.5 Å². The molecule has 4 heteroatoms. The minimum absolute atomic E-state index is 0.145. The third kappa shape index (κ3) is 8.92. The fraction of sp³-hybridized carbons (Fsp3) is 0.406. The molecule has 0 bridgehead atoms. The standard InChI is InChI=1S/C25H33NO3.C7H10/c1-20-13-17-29-16-7-8-21(18-20)11-14-26-15-12-23(19-26)25(2,24(27)28-3)22-9-5-4-6-10-22;1-4-5-6-7(2)3/h4-10,18,23H,1,11-17,19H2,2-3H3;4-6H,1-2H2,3H3/b8-7-,21-18+;6-5-/t23?,25-;/m0./s1. The largest absolute Gasteiger partial charge is 0.468 e. The summed E-state index contributed by atoms with van der Waals surface area (Å²) in [6, 6.07) is 10.1. The summed E-state index contributed by atoms with van der Waals surface area (Å²) in [5.74, 6) is 0.0968. The number of rotatable bonds is 8. The molecular weight excluding hydrogens is 446 g/mol. The maximum absolute atomic E-state index is 12.8. The van der Waals surface area contributed by atoms with Crippen LogP contribution in [0, 0.1) is 5.92 Å². The Morgan fingerprint density at radius 1 is 1.31 bits per heavy atom. The second kappa shape index (κ2) is 15.2. The Balaban J connectivity index is 0.000000572. The zero-order chi connectivity index (χ0) is 26.4. The summed E-state index contributed by atoms with van der Waals surface area (Å²) in [7, 11) is 1.49. The lowest BCUT2D eigenvalue weighted by Crippen LogP contribution is -2.42. The zero-order valence-corrected chi connectivity index (χ0v) is 22.4. The Bertz CT molecular complexity index is 972. The number of carbonyl (C=O) groups excluding carboxylic acids is 1. The van der Waals surface area contributed by atoms with Gasteiger partial charge in [0.05, 0.1) is 25.7 Å². The van der Waals surface area contributed by atoms with E-state index >= 15 is 0 Å². The smallest absolute Gasteiger partial charge is 0.316 e. The molecule has 1 fully saturated rings. The van der Waals surface area contributed by atoms with Gasteiger partial charge in [0.1, 0.15) is 0 Å². The molecule has 36 heavy (non-hydrogen) atoms. The molecule has 0 aliphatic carbocycles. The molecule has 0 amide bonds. The fourth-order valence-corrected chi connectivity index (χ4v) is 4.64. The SMILES string of the molecule is C=C/C=C\C(=C)C.C=C1/C=C(CCN2CCC([C@@](C)(C(=O)OC)c3ccccc3)C2)\C=C/COCC1. The van der Waals surface area contributed by atoms with E-state index in [1.807, 2.05) is 56.3 Å². The number of likely N-dealkylation sites (tertiary alicyclic amines) is 1. The van der Waals surface area contributed by atoms with Crippen LogP contribution in [0.3, 0.4) is 0 Å². The fourth-order valence-electron chi connectivity index (χ4n) is 4.64. The topological polar surface area (TPSA) is 38.8 Å². The van der Waals surface area contributed by atoms with Crippen molar-refractivity contribution in [2.75, 3.05) is 40.0 Å². The third-order valence-electron chi connectivity index (χ3n) is 6.81. The summed E-state index contributed by atoms with van der Waals surface area (Å²) < 4.78 is 10.8. The van der Waals surface area contributed by atoms with E-state index < -0.39 is 5.41 Å². The number of ether oxygens (including phenoxy) is 2. The number of carbonyl (C=O) groups is 1. The zero-order valence-electron chi connectivity index (χ0n) is 22.4. The van der Waals surface area contributed by atoms with Crippen LogP contribution in [0.4, 0.5) is 0 Å². The van der Waals surface area contributed by atoms with Gasteiger partial charge in [-0.2, -0.15) is 0 Å². The first-order valence-corrected chi connectivity index (χ1v) is 12.7. The molecule has 0 N–H and O–H groups in total. The maximum atomic E-state index is 12.8. The van der Waals surface area contributed by atoms with Crippen LogP contribution in [-0.4, -0.2) is 50.8 Å². The van der Waals surface area contributed by atoms with E-state index in [0.717, 1.165) is 62.2 Å². The minimum atomic E-state index is -0.617. The van der Waals surface area contributed by atoms with Crippen LogP contribution in [0.2, 0.25) is 0 Å². The quantitative estimate of drug-likeness (QED) is 0.305. The Hall–Kier alpha value is -2.95. The first-order valence-electron chi connectivity index (χ1n) is 12.7. The van der Waals surface area contributed by atoms with Crippen molar-refractivity contribution >= 4 is 5.97 Å². The summed E-state index contributed by atoms with van der Waals surface area (Å²) in [6.07, 6.45) is 14.8. The van der Waals surface area contributed by atoms with E-state index in [9.17, 15) is 4.79 Å². The van der Waals surface area contributed by atoms with Gasteiger partial charge in [-0.25, -0.2) is 0 Å². The highest BCUT2D eigenvalue weighted by Crippen LogP contribution is 2.39. The number of benzene rings is 1. The van der Waals surface area contributed by atoms with E-state index in [1.54, 1.807) is 6.08 Å². The molecule has 1 aromatic rings. The predicted octanol–water partition coefficient (Wildman–Crippen LogP) is 6.59. The molecule has 4 nitrogen and oxygen atoms in total. The molecular formula is C32H43NO3. The van der Waals surface area contributed by atoms with Gasteiger partial charge in [-0.3, -0.25) is 4.79 Å². The summed E-state index contributed by atoms with van der Waals surface area (Å²) >= 11 is 0. The van der Waals surface area contributed by atoms with Crippen molar-refractivity contribution in [3.63, 3.8) is 0 Å². The number of allylic oxidation sites excluding steroid dienone is 6. The highest BCUT2D eigenvalue weighted by atomic mass is 16.5. The second-order valence-electron chi connectivity index (χ2n) is 9.64. The Morgan fingerprint density at radius 2 is 2.06 bits per heavy atom. The second-order valence-corrected chi connectivity index (χ2v) is 9.64. The summed E-state index contributed by atoms with van der Waals surface area (Å²) in [5.41, 5.74) is 3.89.